The second-order valence-electron chi connectivity index (χ2n) is 10.2. The van der Waals surface area contributed by atoms with Gasteiger partial charge in [0.2, 0.25) is 0 Å². The van der Waals surface area contributed by atoms with Crippen molar-refractivity contribution in [3.8, 4) is 0 Å². The molecule has 0 spiro atoms. The molecule has 1 aliphatic heterocycles. The molecule has 0 unspecified atom stereocenters. The normalized spacial score (nSPS) is 14.3. The van der Waals surface area contributed by atoms with Gasteiger partial charge >= 0.3 is 0 Å². The van der Waals surface area contributed by atoms with E-state index in [0.717, 1.165) is 60.6 Å². The van der Waals surface area contributed by atoms with E-state index < -0.39 is 10.0 Å². The smallest absolute Gasteiger partial charge is 0.264 e. The molecule has 2 heterocycles. The summed E-state index contributed by atoms with van der Waals surface area (Å²) in [7, 11) is -3.79. The lowest BCUT2D eigenvalue weighted by Crippen LogP contribution is -2.39. The van der Waals surface area contributed by atoms with Crippen molar-refractivity contribution in [2.24, 2.45) is 0 Å². The number of hydrogen-bond donors (Lipinski definition) is 0. The highest BCUT2D eigenvalue weighted by Crippen LogP contribution is 2.33. The maximum atomic E-state index is 13.9. The van der Waals surface area contributed by atoms with Gasteiger partial charge in [-0.25, -0.2) is 13.4 Å². The minimum atomic E-state index is -3.79. The van der Waals surface area contributed by atoms with Crippen molar-refractivity contribution < 1.29 is 17.9 Å². The maximum absolute atomic E-state index is 13.9. The van der Waals surface area contributed by atoms with E-state index in [4.69, 9.17) is 9.72 Å². The van der Waals surface area contributed by atoms with E-state index in [2.05, 4.69) is 17.9 Å². The summed E-state index contributed by atoms with van der Waals surface area (Å²) in [5.41, 5.74) is 4.17. The van der Waals surface area contributed by atoms with Gasteiger partial charge in [-0.15, -0.1) is 0 Å². The molecule has 0 saturated carbocycles. The standard InChI is InChI=1S/C31H36N4O4S2/c1-4-35(26-9-6-5-7-10-26)41(37,38)27-13-11-25(12-14-27)30(36)34(16-8-15-33-17-19-39-20-18-33)31-32-28-22-23(2)21-24(3)29(28)40-31/h5-7,9-14,21-22H,4,8,15-20H2,1-3H3. The van der Waals surface area contributed by atoms with Gasteiger partial charge in [0, 0.05) is 38.3 Å². The minimum Gasteiger partial charge on any atom is -0.379 e. The first kappa shape index (κ1) is 29.2. The van der Waals surface area contributed by atoms with Gasteiger partial charge in [-0.3, -0.25) is 18.9 Å². The highest BCUT2D eigenvalue weighted by atomic mass is 32.2. The number of fused-ring (bicyclic) bond motifs is 1. The summed E-state index contributed by atoms with van der Waals surface area (Å²) in [5.74, 6) is -0.195. The van der Waals surface area contributed by atoms with E-state index in [9.17, 15) is 13.2 Å². The molecule has 216 valence electrons. The fourth-order valence-electron chi connectivity index (χ4n) is 5.18. The van der Waals surface area contributed by atoms with Crippen LogP contribution in [0.3, 0.4) is 0 Å². The number of amides is 1. The van der Waals surface area contributed by atoms with Crippen LogP contribution in [0, 0.1) is 13.8 Å². The Labute approximate surface area is 246 Å². The molecule has 10 heteroatoms. The molecular weight excluding hydrogens is 556 g/mol. The zero-order valence-corrected chi connectivity index (χ0v) is 25.4. The van der Waals surface area contributed by atoms with Gasteiger partial charge in [0.05, 0.1) is 34.0 Å². The summed E-state index contributed by atoms with van der Waals surface area (Å²) in [4.78, 5) is 23.0. The topological polar surface area (TPSA) is 83.1 Å². The Bertz CT molecular complexity index is 1600. The van der Waals surface area contributed by atoms with Crippen molar-refractivity contribution in [3.63, 3.8) is 0 Å². The lowest BCUT2D eigenvalue weighted by molar-refractivity contribution is 0.0376. The number of carbonyl (C=O) groups is 1. The summed E-state index contributed by atoms with van der Waals surface area (Å²) in [5, 5.41) is 0.651. The Morgan fingerprint density at radius 2 is 1.73 bits per heavy atom. The Kier molecular flexibility index (Phi) is 9.03. The molecule has 1 amide bonds. The van der Waals surface area contributed by atoms with E-state index in [0.29, 0.717) is 29.5 Å². The molecule has 4 aromatic rings. The number of hydrogen-bond acceptors (Lipinski definition) is 7. The number of rotatable bonds is 10. The monoisotopic (exact) mass is 592 g/mol. The van der Waals surface area contributed by atoms with Gasteiger partial charge in [-0.05, 0) is 80.8 Å². The molecule has 3 aromatic carbocycles. The molecule has 1 fully saturated rings. The third-order valence-corrected chi connectivity index (χ3v) is 10.4. The van der Waals surface area contributed by atoms with E-state index in [1.54, 1.807) is 36.1 Å². The average Bonchev–Trinajstić information content (AvgIpc) is 3.40. The van der Waals surface area contributed by atoms with Crippen LogP contribution in [0.5, 0.6) is 0 Å². The molecule has 0 aliphatic carbocycles. The van der Waals surface area contributed by atoms with E-state index >= 15 is 0 Å². The molecule has 0 N–H and O–H groups in total. The summed E-state index contributed by atoms with van der Waals surface area (Å²) >= 11 is 1.52. The highest BCUT2D eigenvalue weighted by Gasteiger charge is 2.26. The van der Waals surface area contributed by atoms with Crippen LogP contribution in [0.2, 0.25) is 0 Å². The number of nitrogens with zero attached hydrogens (tertiary/aromatic N) is 4. The van der Waals surface area contributed by atoms with Gasteiger partial charge in [-0.1, -0.05) is 35.6 Å². The Morgan fingerprint density at radius 3 is 2.41 bits per heavy atom. The average molecular weight is 593 g/mol. The number of sulfonamides is 1. The second-order valence-corrected chi connectivity index (χ2v) is 13.1. The van der Waals surface area contributed by atoms with Crippen LogP contribution in [0.4, 0.5) is 10.8 Å². The van der Waals surface area contributed by atoms with Crippen molar-refractivity contribution in [2.75, 3.05) is 55.1 Å². The number of carbonyl (C=O) groups excluding carboxylic acids is 1. The number of ether oxygens (including phenoxy) is 1. The number of anilines is 2. The second kappa shape index (κ2) is 12.7. The molecule has 0 radical (unpaired) electrons. The summed E-state index contributed by atoms with van der Waals surface area (Å²) in [6, 6.07) is 19.4. The van der Waals surface area contributed by atoms with Gasteiger partial charge in [0.25, 0.3) is 15.9 Å². The highest BCUT2D eigenvalue weighted by molar-refractivity contribution is 7.92. The number of aromatic nitrogens is 1. The Morgan fingerprint density at radius 1 is 1.02 bits per heavy atom. The summed E-state index contributed by atoms with van der Waals surface area (Å²) in [6.07, 6.45) is 0.786. The van der Waals surface area contributed by atoms with Crippen molar-refractivity contribution in [1.29, 1.82) is 0 Å². The SMILES string of the molecule is CCN(c1ccccc1)S(=O)(=O)c1ccc(C(=O)N(CCCN2CCOCC2)c2nc3cc(C)cc(C)c3s2)cc1. The van der Waals surface area contributed by atoms with Crippen LogP contribution < -0.4 is 9.21 Å². The third-order valence-electron chi connectivity index (χ3n) is 7.27. The van der Waals surface area contributed by atoms with Crippen molar-refractivity contribution in [3.05, 3.63) is 83.4 Å². The Balaban J connectivity index is 1.41. The van der Waals surface area contributed by atoms with Gasteiger partial charge < -0.3 is 4.74 Å². The lowest BCUT2D eigenvalue weighted by atomic mass is 10.1. The molecular formula is C31H36N4O4S2. The van der Waals surface area contributed by atoms with Gasteiger partial charge in [0.1, 0.15) is 0 Å². The number of para-hydroxylation sites is 1. The number of aryl methyl sites for hydroxylation is 2. The molecule has 8 nitrogen and oxygen atoms in total. The van der Waals surface area contributed by atoms with Crippen LogP contribution in [0.25, 0.3) is 10.2 Å². The minimum absolute atomic E-state index is 0.143. The molecule has 1 aliphatic rings. The predicted octanol–water partition coefficient (Wildman–Crippen LogP) is 5.50. The quantitative estimate of drug-likeness (QED) is 0.242. The maximum Gasteiger partial charge on any atom is 0.264 e. The first-order chi connectivity index (χ1) is 19.8. The van der Waals surface area contributed by atoms with Crippen LogP contribution in [0.1, 0.15) is 34.8 Å². The molecule has 0 bridgehead atoms. The molecule has 41 heavy (non-hydrogen) atoms. The van der Waals surface area contributed by atoms with E-state index in [-0.39, 0.29) is 10.8 Å². The number of morpholine rings is 1. The largest absolute Gasteiger partial charge is 0.379 e. The molecule has 5 rings (SSSR count). The first-order valence-electron chi connectivity index (χ1n) is 14.0. The predicted molar refractivity (Wildman–Crippen MR) is 166 cm³/mol. The fraction of sp³-hybridized carbons (Fsp3) is 0.355. The number of benzene rings is 3. The van der Waals surface area contributed by atoms with E-state index in [1.807, 2.05) is 31.2 Å². The number of thiazole rings is 1. The zero-order valence-electron chi connectivity index (χ0n) is 23.7. The summed E-state index contributed by atoms with van der Waals surface area (Å²) < 4.78 is 34.8. The first-order valence-corrected chi connectivity index (χ1v) is 16.2. The van der Waals surface area contributed by atoms with Gasteiger partial charge in [0.15, 0.2) is 5.13 Å². The fourth-order valence-corrected chi connectivity index (χ4v) is 7.69. The lowest BCUT2D eigenvalue weighted by Gasteiger charge is -2.27. The third kappa shape index (κ3) is 6.46. The van der Waals surface area contributed by atoms with E-state index in [1.165, 1.54) is 27.8 Å². The van der Waals surface area contributed by atoms with Crippen molar-refractivity contribution in [2.45, 2.75) is 32.1 Å². The van der Waals surface area contributed by atoms with Crippen LogP contribution in [0.15, 0.2) is 71.6 Å². The van der Waals surface area contributed by atoms with Crippen molar-refractivity contribution in [1.82, 2.24) is 9.88 Å². The molecule has 1 saturated heterocycles. The molecule has 0 atom stereocenters. The van der Waals surface area contributed by atoms with Crippen LogP contribution >= 0.6 is 11.3 Å². The van der Waals surface area contributed by atoms with Crippen molar-refractivity contribution >= 4 is 48.3 Å². The Hall–Kier alpha value is -3.31. The van der Waals surface area contributed by atoms with Crippen LogP contribution in [-0.4, -0.2) is 70.1 Å². The summed E-state index contributed by atoms with van der Waals surface area (Å²) in [6.45, 7) is 10.8. The van der Waals surface area contributed by atoms with Gasteiger partial charge in [-0.2, -0.15) is 0 Å². The van der Waals surface area contributed by atoms with Crippen LogP contribution in [-0.2, 0) is 14.8 Å². The molecule has 1 aromatic heterocycles. The zero-order chi connectivity index (χ0) is 29.0.